The van der Waals surface area contributed by atoms with Gasteiger partial charge in [0.15, 0.2) is 0 Å². The number of benzene rings is 2. The summed E-state index contributed by atoms with van der Waals surface area (Å²) in [5.41, 5.74) is 1.94. The molecule has 4 rings (SSSR count). The fourth-order valence-electron chi connectivity index (χ4n) is 2.76. The van der Waals surface area contributed by atoms with Crippen LogP contribution in [-0.2, 0) is 6.54 Å². The SMILES string of the molecule is CN(Cc1cc(F)cc(Cl)c1)C(=O)c1cnn(-c2nc3ccccc3s2)c1. The summed E-state index contributed by atoms with van der Waals surface area (Å²) in [4.78, 5) is 18.7. The molecule has 27 heavy (non-hydrogen) atoms. The fraction of sp³-hybridized carbons (Fsp3) is 0.105. The van der Waals surface area contributed by atoms with Crippen molar-refractivity contribution in [2.24, 2.45) is 0 Å². The van der Waals surface area contributed by atoms with Crippen molar-refractivity contribution in [1.82, 2.24) is 19.7 Å². The summed E-state index contributed by atoms with van der Waals surface area (Å²) in [6.45, 7) is 0.239. The van der Waals surface area contributed by atoms with Crippen molar-refractivity contribution < 1.29 is 9.18 Å². The van der Waals surface area contributed by atoms with Crippen molar-refractivity contribution in [2.75, 3.05) is 7.05 Å². The van der Waals surface area contributed by atoms with Crippen LogP contribution in [0.3, 0.4) is 0 Å². The molecule has 0 bridgehead atoms. The normalized spacial score (nSPS) is 11.1. The van der Waals surface area contributed by atoms with Crippen molar-refractivity contribution in [1.29, 1.82) is 0 Å². The first-order valence-corrected chi connectivity index (χ1v) is 9.30. The van der Waals surface area contributed by atoms with Gasteiger partial charge in [-0.1, -0.05) is 35.1 Å². The van der Waals surface area contributed by atoms with Crippen molar-refractivity contribution in [3.63, 3.8) is 0 Å². The van der Waals surface area contributed by atoms with Gasteiger partial charge in [-0.2, -0.15) is 5.10 Å². The minimum atomic E-state index is -0.429. The van der Waals surface area contributed by atoms with Gasteiger partial charge in [-0.3, -0.25) is 4.79 Å². The molecule has 2 aromatic carbocycles. The van der Waals surface area contributed by atoms with Gasteiger partial charge in [-0.25, -0.2) is 14.1 Å². The molecule has 0 saturated carbocycles. The van der Waals surface area contributed by atoms with Crippen LogP contribution in [0.25, 0.3) is 15.3 Å². The monoisotopic (exact) mass is 400 g/mol. The Labute approximate surface area is 163 Å². The molecule has 0 unspecified atom stereocenters. The van der Waals surface area contributed by atoms with E-state index in [0.29, 0.717) is 21.3 Å². The summed E-state index contributed by atoms with van der Waals surface area (Å²) in [6, 6.07) is 12.0. The van der Waals surface area contributed by atoms with Crippen molar-refractivity contribution in [2.45, 2.75) is 6.54 Å². The second-order valence-corrected chi connectivity index (χ2v) is 7.52. The first-order valence-electron chi connectivity index (χ1n) is 8.10. The molecular formula is C19H14ClFN4OS. The van der Waals surface area contributed by atoms with Gasteiger partial charge in [-0.05, 0) is 35.9 Å². The molecule has 0 fully saturated rings. The van der Waals surface area contributed by atoms with E-state index in [9.17, 15) is 9.18 Å². The van der Waals surface area contributed by atoms with E-state index >= 15 is 0 Å². The lowest BCUT2D eigenvalue weighted by molar-refractivity contribution is 0.0785. The number of thiazole rings is 1. The molecule has 136 valence electrons. The minimum Gasteiger partial charge on any atom is -0.337 e. The summed E-state index contributed by atoms with van der Waals surface area (Å²) in [5.74, 6) is -0.648. The first kappa shape index (κ1) is 17.6. The topological polar surface area (TPSA) is 51.0 Å². The van der Waals surface area contributed by atoms with Crippen molar-refractivity contribution in [3.8, 4) is 5.13 Å². The predicted molar refractivity (Wildman–Crippen MR) is 104 cm³/mol. The fourth-order valence-corrected chi connectivity index (χ4v) is 3.91. The summed E-state index contributed by atoms with van der Waals surface area (Å²) < 4.78 is 16.1. The van der Waals surface area contributed by atoms with E-state index in [1.807, 2.05) is 24.3 Å². The number of fused-ring (bicyclic) bond motifs is 1. The highest BCUT2D eigenvalue weighted by atomic mass is 35.5. The first-order chi connectivity index (χ1) is 13.0. The number of aromatic nitrogens is 3. The number of carbonyl (C=O) groups is 1. The summed E-state index contributed by atoms with van der Waals surface area (Å²) in [6.07, 6.45) is 3.15. The number of hydrogen-bond acceptors (Lipinski definition) is 4. The third kappa shape index (κ3) is 3.70. The van der Waals surface area contributed by atoms with Crippen LogP contribution in [0.4, 0.5) is 4.39 Å². The predicted octanol–water partition coefficient (Wildman–Crippen LogP) is 4.55. The summed E-state index contributed by atoms with van der Waals surface area (Å²) in [7, 11) is 1.65. The molecule has 0 aliphatic carbocycles. The molecule has 8 heteroatoms. The number of halogens is 2. The molecule has 0 radical (unpaired) electrons. The van der Waals surface area contributed by atoms with E-state index in [1.54, 1.807) is 24.0 Å². The van der Waals surface area contributed by atoms with Crippen LogP contribution in [0.1, 0.15) is 15.9 Å². The summed E-state index contributed by atoms with van der Waals surface area (Å²) in [5, 5.41) is 5.25. The lowest BCUT2D eigenvalue weighted by Gasteiger charge is -2.16. The van der Waals surface area contributed by atoms with Gasteiger partial charge >= 0.3 is 0 Å². The van der Waals surface area contributed by atoms with E-state index in [1.165, 1.54) is 34.6 Å². The number of carbonyl (C=O) groups excluding carboxylic acids is 1. The largest absolute Gasteiger partial charge is 0.337 e. The molecule has 4 aromatic rings. The van der Waals surface area contributed by atoms with Crippen LogP contribution in [0.15, 0.2) is 54.9 Å². The zero-order chi connectivity index (χ0) is 19.0. The van der Waals surface area contributed by atoms with Crippen LogP contribution in [0.2, 0.25) is 5.02 Å². The highest BCUT2D eigenvalue weighted by Crippen LogP contribution is 2.24. The van der Waals surface area contributed by atoms with Gasteiger partial charge in [-0.15, -0.1) is 0 Å². The Morgan fingerprint density at radius 3 is 2.89 bits per heavy atom. The molecule has 0 saturated heterocycles. The molecule has 0 N–H and O–H groups in total. The molecule has 0 aliphatic rings. The third-order valence-corrected chi connectivity index (χ3v) is 5.24. The van der Waals surface area contributed by atoms with Crippen LogP contribution < -0.4 is 0 Å². The van der Waals surface area contributed by atoms with Gasteiger partial charge < -0.3 is 4.90 Å². The van der Waals surface area contributed by atoms with Crippen LogP contribution in [-0.4, -0.2) is 32.6 Å². The van der Waals surface area contributed by atoms with E-state index < -0.39 is 5.82 Å². The zero-order valence-corrected chi connectivity index (χ0v) is 15.8. The molecule has 2 aromatic heterocycles. The molecule has 2 heterocycles. The highest BCUT2D eigenvalue weighted by Gasteiger charge is 2.16. The smallest absolute Gasteiger partial charge is 0.257 e. The van der Waals surface area contributed by atoms with E-state index in [-0.39, 0.29) is 12.5 Å². The van der Waals surface area contributed by atoms with Gasteiger partial charge in [0.05, 0.1) is 22.0 Å². The van der Waals surface area contributed by atoms with Gasteiger partial charge in [0.1, 0.15) is 5.82 Å². The highest BCUT2D eigenvalue weighted by molar-refractivity contribution is 7.20. The average Bonchev–Trinajstić information content (AvgIpc) is 3.26. The Morgan fingerprint density at radius 2 is 2.11 bits per heavy atom. The van der Waals surface area contributed by atoms with E-state index in [2.05, 4.69) is 10.1 Å². The second kappa shape index (κ2) is 7.09. The van der Waals surface area contributed by atoms with Crippen LogP contribution >= 0.6 is 22.9 Å². The number of para-hydroxylation sites is 1. The zero-order valence-electron chi connectivity index (χ0n) is 14.3. The maximum absolute atomic E-state index is 13.5. The molecule has 5 nitrogen and oxygen atoms in total. The van der Waals surface area contributed by atoms with Crippen LogP contribution in [0, 0.1) is 5.82 Å². The number of amides is 1. The Balaban J connectivity index is 1.54. The lowest BCUT2D eigenvalue weighted by Crippen LogP contribution is -2.25. The van der Waals surface area contributed by atoms with E-state index in [4.69, 9.17) is 11.6 Å². The maximum Gasteiger partial charge on any atom is 0.257 e. The van der Waals surface area contributed by atoms with Gasteiger partial charge in [0.25, 0.3) is 5.91 Å². The summed E-state index contributed by atoms with van der Waals surface area (Å²) >= 11 is 7.37. The average molecular weight is 401 g/mol. The molecule has 0 atom stereocenters. The number of rotatable bonds is 4. The van der Waals surface area contributed by atoms with Crippen molar-refractivity contribution >= 4 is 39.1 Å². The second-order valence-electron chi connectivity index (χ2n) is 6.08. The third-order valence-electron chi connectivity index (χ3n) is 4.00. The number of hydrogen-bond donors (Lipinski definition) is 0. The minimum absolute atomic E-state index is 0.220. The molecule has 0 spiro atoms. The lowest BCUT2D eigenvalue weighted by atomic mass is 10.2. The Bertz CT molecular complexity index is 1090. The molecule has 0 aliphatic heterocycles. The maximum atomic E-state index is 13.5. The van der Waals surface area contributed by atoms with Gasteiger partial charge in [0, 0.05) is 24.8 Å². The quantitative estimate of drug-likeness (QED) is 0.505. The van der Waals surface area contributed by atoms with Crippen molar-refractivity contribution in [3.05, 3.63) is 76.8 Å². The Morgan fingerprint density at radius 1 is 1.30 bits per heavy atom. The van der Waals surface area contributed by atoms with Gasteiger partial charge in [0.2, 0.25) is 5.13 Å². The number of nitrogens with zero attached hydrogens (tertiary/aromatic N) is 4. The Kier molecular flexibility index (Phi) is 4.63. The van der Waals surface area contributed by atoms with E-state index in [0.717, 1.165) is 10.2 Å². The molecular weight excluding hydrogens is 387 g/mol. The molecule has 1 amide bonds. The standard InChI is InChI=1S/C19H14ClFN4OS/c1-24(10-12-6-14(20)8-15(21)7-12)18(26)13-9-22-25(11-13)19-23-16-4-2-3-5-17(16)27-19/h2-9,11H,10H2,1H3. The van der Waals surface area contributed by atoms with Crippen LogP contribution in [0.5, 0.6) is 0 Å². The Hall–Kier alpha value is -2.77.